The molecule has 0 aliphatic rings. The number of nitrogens with one attached hydrogen (secondary N) is 1. The summed E-state index contributed by atoms with van der Waals surface area (Å²) >= 11 is 6.04. The lowest BCUT2D eigenvalue weighted by atomic mass is 10.2. The molecule has 0 atom stereocenters. The molecule has 102 valence electrons. The summed E-state index contributed by atoms with van der Waals surface area (Å²) < 4.78 is 12.1. The minimum Gasteiger partial charge on any atom is -0.493 e. The van der Waals surface area contributed by atoms with Crippen molar-refractivity contribution in [1.29, 1.82) is 0 Å². The van der Waals surface area contributed by atoms with Crippen molar-refractivity contribution >= 4 is 17.5 Å². The second kappa shape index (κ2) is 5.75. The van der Waals surface area contributed by atoms with E-state index >= 15 is 0 Å². The molecule has 0 aliphatic carbocycles. The molecule has 0 bridgehead atoms. The van der Waals surface area contributed by atoms with Crippen LogP contribution in [-0.2, 0) is 13.6 Å². The quantitative estimate of drug-likeness (QED) is 0.896. The van der Waals surface area contributed by atoms with E-state index in [-0.39, 0.29) is 0 Å². The third-order valence-electron chi connectivity index (χ3n) is 2.58. The van der Waals surface area contributed by atoms with Gasteiger partial charge in [0.25, 0.3) is 0 Å². The standard InChI is InChI=1S/C11H14ClN5O2/c1-17-11(14-15-16-17)13-6-7-4-8(12)5-9(18-2)10(7)19-3/h4-5H,6H2,1-3H3,(H,13,14,16). The number of hydrogen-bond acceptors (Lipinski definition) is 6. The Morgan fingerprint density at radius 3 is 2.68 bits per heavy atom. The molecule has 8 heteroatoms. The van der Waals surface area contributed by atoms with E-state index in [1.165, 1.54) is 4.68 Å². The normalized spacial score (nSPS) is 10.3. The Kier molecular flexibility index (Phi) is 4.06. The van der Waals surface area contributed by atoms with Crippen LogP contribution < -0.4 is 14.8 Å². The zero-order valence-electron chi connectivity index (χ0n) is 10.8. The van der Waals surface area contributed by atoms with Gasteiger partial charge in [-0.1, -0.05) is 16.7 Å². The van der Waals surface area contributed by atoms with Crippen LogP contribution in [0.2, 0.25) is 5.02 Å². The molecule has 0 saturated heterocycles. The van der Waals surface area contributed by atoms with E-state index in [9.17, 15) is 0 Å². The molecule has 2 rings (SSSR count). The van der Waals surface area contributed by atoms with Crippen LogP contribution in [0.3, 0.4) is 0 Å². The summed E-state index contributed by atoms with van der Waals surface area (Å²) in [6.07, 6.45) is 0. The number of anilines is 1. The highest BCUT2D eigenvalue weighted by Gasteiger charge is 2.12. The van der Waals surface area contributed by atoms with Gasteiger partial charge in [0.1, 0.15) is 0 Å². The molecule has 1 N–H and O–H groups in total. The first kappa shape index (κ1) is 13.4. The molecule has 0 fully saturated rings. The van der Waals surface area contributed by atoms with Crippen molar-refractivity contribution in [2.24, 2.45) is 7.05 Å². The molecule has 1 aromatic carbocycles. The maximum absolute atomic E-state index is 6.04. The maximum atomic E-state index is 6.04. The minimum absolute atomic E-state index is 0.467. The van der Waals surface area contributed by atoms with E-state index in [1.54, 1.807) is 33.4 Å². The number of aryl methyl sites for hydroxylation is 1. The Morgan fingerprint density at radius 1 is 1.32 bits per heavy atom. The Hall–Kier alpha value is -2.02. The SMILES string of the molecule is COc1cc(Cl)cc(CNc2nnnn2C)c1OC. The molecular weight excluding hydrogens is 270 g/mol. The molecule has 0 unspecified atom stereocenters. The van der Waals surface area contributed by atoms with Gasteiger partial charge in [0, 0.05) is 30.2 Å². The van der Waals surface area contributed by atoms with Crippen LogP contribution in [0.5, 0.6) is 11.5 Å². The molecule has 0 saturated carbocycles. The predicted octanol–water partition coefficient (Wildman–Crippen LogP) is 1.49. The largest absolute Gasteiger partial charge is 0.493 e. The second-order valence-electron chi connectivity index (χ2n) is 3.78. The highest BCUT2D eigenvalue weighted by atomic mass is 35.5. The van der Waals surface area contributed by atoms with Gasteiger partial charge < -0.3 is 14.8 Å². The molecule has 19 heavy (non-hydrogen) atoms. The van der Waals surface area contributed by atoms with E-state index in [0.29, 0.717) is 29.0 Å². The number of aromatic nitrogens is 4. The average molecular weight is 284 g/mol. The molecule has 1 aromatic heterocycles. The van der Waals surface area contributed by atoms with Gasteiger partial charge in [-0.25, -0.2) is 4.68 Å². The molecular formula is C11H14ClN5O2. The number of halogens is 1. The lowest BCUT2D eigenvalue weighted by Gasteiger charge is -2.13. The number of methoxy groups -OCH3 is 2. The minimum atomic E-state index is 0.467. The number of nitrogens with zero attached hydrogens (tertiary/aromatic N) is 4. The van der Waals surface area contributed by atoms with Crippen molar-refractivity contribution in [3.8, 4) is 11.5 Å². The summed E-state index contributed by atoms with van der Waals surface area (Å²) in [6, 6.07) is 3.51. The lowest BCUT2D eigenvalue weighted by Crippen LogP contribution is -2.07. The fourth-order valence-electron chi connectivity index (χ4n) is 1.69. The van der Waals surface area contributed by atoms with Crippen LogP contribution in [0.4, 0.5) is 5.95 Å². The van der Waals surface area contributed by atoms with Crippen molar-refractivity contribution in [3.63, 3.8) is 0 Å². The van der Waals surface area contributed by atoms with Gasteiger partial charge in [-0.15, -0.1) is 0 Å². The van der Waals surface area contributed by atoms with Gasteiger partial charge in [-0.2, -0.15) is 0 Å². The van der Waals surface area contributed by atoms with Crippen LogP contribution >= 0.6 is 11.6 Å². The van der Waals surface area contributed by atoms with E-state index in [2.05, 4.69) is 20.8 Å². The number of tetrazole rings is 1. The fourth-order valence-corrected chi connectivity index (χ4v) is 1.92. The molecule has 1 heterocycles. The highest BCUT2D eigenvalue weighted by Crippen LogP contribution is 2.34. The van der Waals surface area contributed by atoms with Crippen molar-refractivity contribution in [2.75, 3.05) is 19.5 Å². The molecule has 0 amide bonds. The summed E-state index contributed by atoms with van der Waals surface area (Å²) in [5.41, 5.74) is 0.856. The van der Waals surface area contributed by atoms with Gasteiger partial charge in [0.2, 0.25) is 5.95 Å². The third-order valence-corrected chi connectivity index (χ3v) is 2.80. The van der Waals surface area contributed by atoms with Gasteiger partial charge in [0.15, 0.2) is 11.5 Å². The third kappa shape index (κ3) is 2.87. The van der Waals surface area contributed by atoms with E-state index < -0.39 is 0 Å². The Balaban J connectivity index is 2.24. The first-order chi connectivity index (χ1) is 9.15. The Labute approximate surface area is 115 Å². The zero-order chi connectivity index (χ0) is 13.8. The molecule has 0 aliphatic heterocycles. The van der Waals surface area contributed by atoms with Crippen LogP contribution in [0.25, 0.3) is 0 Å². The van der Waals surface area contributed by atoms with Crippen LogP contribution in [0.15, 0.2) is 12.1 Å². The lowest BCUT2D eigenvalue weighted by molar-refractivity contribution is 0.352. The topological polar surface area (TPSA) is 74.1 Å². The monoisotopic (exact) mass is 283 g/mol. The number of ether oxygens (including phenoxy) is 2. The average Bonchev–Trinajstić information content (AvgIpc) is 2.81. The molecule has 7 nitrogen and oxygen atoms in total. The summed E-state index contributed by atoms with van der Waals surface area (Å²) in [4.78, 5) is 0. The number of rotatable bonds is 5. The van der Waals surface area contributed by atoms with Crippen LogP contribution in [0, 0.1) is 0 Å². The second-order valence-corrected chi connectivity index (χ2v) is 4.22. The zero-order valence-corrected chi connectivity index (χ0v) is 11.6. The Morgan fingerprint density at radius 2 is 2.11 bits per heavy atom. The highest BCUT2D eigenvalue weighted by molar-refractivity contribution is 6.30. The fraction of sp³-hybridized carbons (Fsp3) is 0.364. The maximum Gasteiger partial charge on any atom is 0.242 e. The molecule has 2 aromatic rings. The first-order valence-electron chi connectivity index (χ1n) is 5.52. The molecule has 0 spiro atoms. The van der Waals surface area contributed by atoms with Gasteiger partial charge in [0.05, 0.1) is 14.2 Å². The van der Waals surface area contributed by atoms with E-state index in [1.807, 2.05) is 0 Å². The van der Waals surface area contributed by atoms with E-state index in [4.69, 9.17) is 21.1 Å². The van der Waals surface area contributed by atoms with Crippen molar-refractivity contribution in [3.05, 3.63) is 22.7 Å². The van der Waals surface area contributed by atoms with Gasteiger partial charge in [-0.05, 0) is 16.5 Å². The van der Waals surface area contributed by atoms with Crippen molar-refractivity contribution < 1.29 is 9.47 Å². The van der Waals surface area contributed by atoms with Crippen LogP contribution in [0.1, 0.15) is 5.56 Å². The summed E-state index contributed by atoms with van der Waals surface area (Å²) in [7, 11) is 4.90. The van der Waals surface area contributed by atoms with Crippen LogP contribution in [-0.4, -0.2) is 34.4 Å². The molecule has 0 radical (unpaired) electrons. The van der Waals surface area contributed by atoms with Crippen molar-refractivity contribution in [1.82, 2.24) is 20.2 Å². The summed E-state index contributed by atoms with van der Waals surface area (Å²) in [5.74, 6) is 1.78. The summed E-state index contributed by atoms with van der Waals surface area (Å²) in [6.45, 7) is 0.467. The Bertz CT molecular complexity index is 572. The van der Waals surface area contributed by atoms with Gasteiger partial charge >= 0.3 is 0 Å². The smallest absolute Gasteiger partial charge is 0.242 e. The first-order valence-corrected chi connectivity index (χ1v) is 5.90. The number of hydrogen-bond donors (Lipinski definition) is 1. The number of benzene rings is 1. The predicted molar refractivity (Wildman–Crippen MR) is 70.7 cm³/mol. The summed E-state index contributed by atoms with van der Waals surface area (Å²) in [5, 5.41) is 14.8. The van der Waals surface area contributed by atoms with E-state index in [0.717, 1.165) is 5.56 Å². The van der Waals surface area contributed by atoms with Gasteiger partial charge in [-0.3, -0.25) is 0 Å². The van der Waals surface area contributed by atoms with Crippen molar-refractivity contribution in [2.45, 2.75) is 6.54 Å².